The predicted molar refractivity (Wildman–Crippen MR) is 84.8 cm³/mol. The lowest BCUT2D eigenvalue weighted by molar-refractivity contribution is -0.119. The summed E-state index contributed by atoms with van der Waals surface area (Å²) in [6.45, 7) is 6.02. The third-order valence-electron chi connectivity index (χ3n) is 2.98. The maximum atomic E-state index is 12.7. The van der Waals surface area contributed by atoms with E-state index < -0.39 is 0 Å². The summed E-state index contributed by atoms with van der Waals surface area (Å²) in [5.41, 5.74) is 0.542. The summed E-state index contributed by atoms with van der Waals surface area (Å²) in [6, 6.07) is 5.67. The average molecular weight is 312 g/mol. The summed E-state index contributed by atoms with van der Waals surface area (Å²) in [6.07, 6.45) is 0. The van der Waals surface area contributed by atoms with Crippen molar-refractivity contribution in [3.8, 4) is 0 Å². The molecule has 0 bridgehead atoms. The normalized spacial score (nSPS) is 12.0. The topological polar surface area (TPSA) is 58.2 Å². The summed E-state index contributed by atoms with van der Waals surface area (Å²) in [5, 5.41) is 5.52. The van der Waals surface area contributed by atoms with Gasteiger partial charge in [0.15, 0.2) is 0 Å². The zero-order chi connectivity index (χ0) is 15.8. The second kappa shape index (κ2) is 8.67. The molecule has 0 heterocycles. The van der Waals surface area contributed by atoms with Crippen molar-refractivity contribution in [1.29, 1.82) is 0 Å². The Labute approximate surface area is 128 Å². The molecule has 1 aromatic carbocycles. The van der Waals surface area contributed by atoms with Crippen molar-refractivity contribution in [3.63, 3.8) is 0 Å². The molecule has 2 N–H and O–H groups in total. The first-order chi connectivity index (χ1) is 9.88. The fourth-order valence-corrected chi connectivity index (χ4v) is 2.06. The summed E-state index contributed by atoms with van der Waals surface area (Å²) >= 11 is 1.25. The molecule has 1 unspecified atom stereocenters. The monoisotopic (exact) mass is 312 g/mol. The Morgan fingerprint density at radius 2 is 1.67 bits per heavy atom. The molecule has 0 saturated heterocycles. The maximum Gasteiger partial charge on any atom is 0.234 e. The Morgan fingerprint density at radius 3 is 2.24 bits per heavy atom. The van der Waals surface area contributed by atoms with E-state index in [4.69, 9.17) is 0 Å². The van der Waals surface area contributed by atoms with Gasteiger partial charge in [-0.1, -0.05) is 13.8 Å². The van der Waals surface area contributed by atoms with Gasteiger partial charge in [0.1, 0.15) is 5.82 Å². The Balaban J connectivity index is 2.24. The van der Waals surface area contributed by atoms with Gasteiger partial charge in [-0.25, -0.2) is 4.39 Å². The molecule has 1 aromatic rings. The summed E-state index contributed by atoms with van der Waals surface area (Å²) in [5.74, 6) is 0.167. The highest BCUT2D eigenvalue weighted by atomic mass is 32.2. The van der Waals surface area contributed by atoms with Gasteiger partial charge in [0.05, 0.1) is 11.5 Å². The highest BCUT2D eigenvalue weighted by Gasteiger charge is 2.11. The smallest absolute Gasteiger partial charge is 0.234 e. The van der Waals surface area contributed by atoms with Crippen LogP contribution >= 0.6 is 11.8 Å². The van der Waals surface area contributed by atoms with Crippen molar-refractivity contribution in [1.82, 2.24) is 5.32 Å². The van der Waals surface area contributed by atoms with E-state index in [0.717, 1.165) is 0 Å². The molecule has 0 aromatic heterocycles. The number of rotatable bonds is 7. The first-order valence-corrected chi connectivity index (χ1v) is 7.96. The van der Waals surface area contributed by atoms with Crippen LogP contribution in [0, 0.1) is 11.7 Å². The Bertz CT molecular complexity index is 477. The van der Waals surface area contributed by atoms with Crippen LogP contribution in [-0.2, 0) is 9.59 Å². The van der Waals surface area contributed by atoms with Crippen molar-refractivity contribution in [2.75, 3.05) is 16.8 Å². The average Bonchev–Trinajstić information content (AvgIpc) is 2.41. The number of nitrogens with one attached hydrogen (secondary N) is 2. The number of hydrogen-bond acceptors (Lipinski definition) is 3. The van der Waals surface area contributed by atoms with Crippen LogP contribution in [0.5, 0.6) is 0 Å². The van der Waals surface area contributed by atoms with E-state index in [2.05, 4.69) is 10.6 Å². The third kappa shape index (κ3) is 7.13. The fraction of sp³-hybridized carbons (Fsp3) is 0.467. The summed E-state index contributed by atoms with van der Waals surface area (Å²) in [4.78, 5) is 23.3. The quantitative estimate of drug-likeness (QED) is 0.814. The minimum atomic E-state index is -0.349. The number of amides is 2. The van der Waals surface area contributed by atoms with Gasteiger partial charge in [-0.15, -0.1) is 11.8 Å². The van der Waals surface area contributed by atoms with Crippen LogP contribution in [0.1, 0.15) is 20.8 Å². The Kier molecular flexibility index (Phi) is 7.22. The van der Waals surface area contributed by atoms with Gasteiger partial charge in [0, 0.05) is 11.7 Å². The molecule has 4 nitrogen and oxygen atoms in total. The van der Waals surface area contributed by atoms with E-state index in [1.165, 1.54) is 36.0 Å². The Morgan fingerprint density at radius 1 is 1.10 bits per heavy atom. The van der Waals surface area contributed by atoms with Gasteiger partial charge in [-0.05, 0) is 37.1 Å². The van der Waals surface area contributed by atoms with Gasteiger partial charge < -0.3 is 10.6 Å². The molecular weight excluding hydrogens is 291 g/mol. The van der Waals surface area contributed by atoms with Crippen LogP contribution in [0.25, 0.3) is 0 Å². The molecule has 116 valence electrons. The molecular formula is C15H21FN2O2S. The van der Waals surface area contributed by atoms with Crippen LogP contribution in [0.4, 0.5) is 10.1 Å². The molecule has 21 heavy (non-hydrogen) atoms. The van der Waals surface area contributed by atoms with Gasteiger partial charge in [-0.2, -0.15) is 0 Å². The van der Waals surface area contributed by atoms with Gasteiger partial charge in [-0.3, -0.25) is 9.59 Å². The number of carbonyl (C=O) groups excluding carboxylic acids is 2. The summed E-state index contributed by atoms with van der Waals surface area (Å²) in [7, 11) is 0. The van der Waals surface area contributed by atoms with Crippen molar-refractivity contribution >= 4 is 29.3 Å². The van der Waals surface area contributed by atoms with Gasteiger partial charge in [0.2, 0.25) is 11.8 Å². The van der Waals surface area contributed by atoms with E-state index in [0.29, 0.717) is 11.6 Å². The summed E-state index contributed by atoms with van der Waals surface area (Å²) < 4.78 is 12.7. The number of halogens is 1. The zero-order valence-electron chi connectivity index (χ0n) is 12.5. The van der Waals surface area contributed by atoms with E-state index in [-0.39, 0.29) is 35.2 Å². The highest BCUT2D eigenvalue weighted by molar-refractivity contribution is 8.00. The second-order valence-corrected chi connectivity index (χ2v) is 6.13. The number of benzene rings is 1. The van der Waals surface area contributed by atoms with E-state index in [1.807, 2.05) is 20.8 Å². The molecule has 1 rings (SSSR count). The lowest BCUT2D eigenvalue weighted by Gasteiger charge is -2.17. The van der Waals surface area contributed by atoms with Crippen LogP contribution in [-0.4, -0.2) is 29.4 Å². The van der Waals surface area contributed by atoms with Gasteiger partial charge >= 0.3 is 0 Å². The minimum absolute atomic E-state index is 0.0733. The molecule has 2 amide bonds. The molecule has 0 saturated carbocycles. The Hall–Kier alpha value is -1.56. The van der Waals surface area contributed by atoms with Crippen molar-refractivity contribution in [2.24, 2.45) is 5.92 Å². The molecule has 0 fully saturated rings. The number of thioether (sulfide) groups is 1. The molecule has 6 heteroatoms. The zero-order valence-corrected chi connectivity index (χ0v) is 13.3. The van der Waals surface area contributed by atoms with Crippen molar-refractivity contribution in [3.05, 3.63) is 30.1 Å². The van der Waals surface area contributed by atoms with E-state index in [9.17, 15) is 14.0 Å². The highest BCUT2D eigenvalue weighted by Crippen LogP contribution is 2.09. The molecule has 0 aliphatic heterocycles. The molecule has 0 aliphatic rings. The SMILES string of the molecule is CC(C)C(C)NC(=O)CSCC(=O)Nc1ccc(F)cc1. The van der Waals surface area contributed by atoms with Crippen molar-refractivity contribution in [2.45, 2.75) is 26.8 Å². The number of anilines is 1. The molecule has 0 aliphatic carbocycles. The van der Waals surface area contributed by atoms with Crippen LogP contribution in [0.2, 0.25) is 0 Å². The second-order valence-electron chi connectivity index (χ2n) is 5.15. The van der Waals surface area contributed by atoms with Gasteiger partial charge in [0.25, 0.3) is 0 Å². The third-order valence-corrected chi connectivity index (χ3v) is 3.92. The van der Waals surface area contributed by atoms with E-state index in [1.54, 1.807) is 0 Å². The minimum Gasteiger partial charge on any atom is -0.353 e. The molecule has 1 atom stereocenters. The fourth-order valence-electron chi connectivity index (χ4n) is 1.43. The van der Waals surface area contributed by atoms with Crippen LogP contribution in [0.15, 0.2) is 24.3 Å². The number of hydrogen-bond donors (Lipinski definition) is 2. The largest absolute Gasteiger partial charge is 0.353 e. The van der Waals surface area contributed by atoms with Crippen molar-refractivity contribution < 1.29 is 14.0 Å². The van der Waals surface area contributed by atoms with E-state index >= 15 is 0 Å². The lowest BCUT2D eigenvalue weighted by Crippen LogP contribution is -2.37. The first-order valence-electron chi connectivity index (χ1n) is 6.81. The van der Waals surface area contributed by atoms with Crippen LogP contribution in [0.3, 0.4) is 0 Å². The molecule has 0 spiro atoms. The lowest BCUT2D eigenvalue weighted by atomic mass is 10.1. The van der Waals surface area contributed by atoms with Crippen LogP contribution < -0.4 is 10.6 Å². The standard InChI is InChI=1S/C15H21FN2O2S/c1-10(2)11(3)17-14(19)8-21-9-15(20)18-13-6-4-12(16)5-7-13/h4-7,10-11H,8-9H2,1-3H3,(H,17,19)(H,18,20). The molecule has 0 radical (unpaired) electrons. The number of carbonyl (C=O) groups is 2. The predicted octanol–water partition coefficient (Wildman–Crippen LogP) is 2.66. The maximum absolute atomic E-state index is 12.7. The first kappa shape index (κ1) is 17.5.